The monoisotopic (exact) mass is 294 g/mol. The van der Waals surface area contributed by atoms with E-state index in [1.165, 1.54) is 0 Å². The number of unbranched alkanes of at least 4 members (excludes halogenated alkanes) is 2. The first-order valence-electron chi connectivity index (χ1n) is 6.72. The lowest BCUT2D eigenvalue weighted by molar-refractivity contribution is 0.0697. The molecule has 0 aliphatic carbocycles. The Morgan fingerprint density at radius 1 is 1.30 bits per heavy atom. The molecular weight excluding hydrogens is 276 g/mol. The van der Waals surface area contributed by atoms with Gasteiger partial charge in [-0.05, 0) is 12.5 Å². The zero-order chi connectivity index (χ0) is 14.5. The summed E-state index contributed by atoms with van der Waals surface area (Å²) < 4.78 is 17.6. The molecule has 1 aromatic carbocycles. The molecule has 0 aliphatic heterocycles. The molecule has 0 radical (unpaired) electrons. The predicted octanol–water partition coefficient (Wildman–Crippen LogP) is 3.57. The van der Waals surface area contributed by atoms with Crippen molar-refractivity contribution in [3.63, 3.8) is 0 Å². The van der Waals surface area contributed by atoms with E-state index in [-0.39, 0.29) is 11.3 Å². The molecule has 108 valence electrons. The van der Waals surface area contributed by atoms with Gasteiger partial charge < -0.3 is 9.52 Å². The van der Waals surface area contributed by atoms with Crippen molar-refractivity contribution in [1.29, 1.82) is 0 Å². The highest BCUT2D eigenvalue weighted by Gasteiger charge is 2.21. The van der Waals surface area contributed by atoms with Crippen molar-refractivity contribution >= 4 is 27.7 Å². The summed E-state index contributed by atoms with van der Waals surface area (Å²) in [6.45, 7) is 2.09. The third kappa shape index (κ3) is 3.28. The summed E-state index contributed by atoms with van der Waals surface area (Å²) in [4.78, 5) is 11.4. The molecule has 1 N–H and O–H groups in total. The van der Waals surface area contributed by atoms with Gasteiger partial charge in [0, 0.05) is 21.9 Å². The van der Waals surface area contributed by atoms with E-state index in [4.69, 9.17) is 4.42 Å². The van der Waals surface area contributed by atoms with Crippen LogP contribution in [-0.4, -0.2) is 21.0 Å². The second-order valence-corrected chi connectivity index (χ2v) is 6.27. The van der Waals surface area contributed by atoms with Crippen molar-refractivity contribution < 1.29 is 18.5 Å². The van der Waals surface area contributed by atoms with Gasteiger partial charge in [0.15, 0.2) is 0 Å². The van der Waals surface area contributed by atoms with Gasteiger partial charge in [-0.3, -0.25) is 4.21 Å². The van der Waals surface area contributed by atoms with Gasteiger partial charge >= 0.3 is 5.97 Å². The largest absolute Gasteiger partial charge is 0.478 e. The van der Waals surface area contributed by atoms with Crippen molar-refractivity contribution in [2.24, 2.45) is 0 Å². The van der Waals surface area contributed by atoms with E-state index in [0.29, 0.717) is 22.5 Å². The molecule has 0 aliphatic rings. The van der Waals surface area contributed by atoms with Crippen molar-refractivity contribution in [3.05, 3.63) is 35.6 Å². The van der Waals surface area contributed by atoms with Crippen LogP contribution < -0.4 is 0 Å². The number of carboxylic acids is 1. The highest BCUT2D eigenvalue weighted by atomic mass is 32.2. The number of hydrogen-bond donors (Lipinski definition) is 1. The molecule has 5 heteroatoms. The van der Waals surface area contributed by atoms with E-state index >= 15 is 0 Å². The Hall–Kier alpha value is -1.62. The van der Waals surface area contributed by atoms with Crippen LogP contribution in [0.2, 0.25) is 0 Å². The molecule has 2 aromatic rings. The first-order chi connectivity index (χ1) is 9.63. The molecule has 0 saturated carbocycles. The van der Waals surface area contributed by atoms with Crippen LogP contribution in [0.1, 0.15) is 42.3 Å². The topological polar surface area (TPSA) is 67.5 Å². The molecule has 0 spiro atoms. The number of hydrogen-bond acceptors (Lipinski definition) is 3. The van der Waals surface area contributed by atoms with Crippen LogP contribution in [0.4, 0.5) is 0 Å². The van der Waals surface area contributed by atoms with Gasteiger partial charge in [0.2, 0.25) is 0 Å². The molecule has 4 nitrogen and oxygen atoms in total. The molecule has 1 unspecified atom stereocenters. The zero-order valence-electron chi connectivity index (χ0n) is 11.4. The van der Waals surface area contributed by atoms with Crippen LogP contribution in [-0.2, 0) is 16.6 Å². The average molecular weight is 294 g/mol. The van der Waals surface area contributed by atoms with Gasteiger partial charge in [0.05, 0.1) is 5.75 Å². The number of fused-ring (bicyclic) bond motifs is 1. The summed E-state index contributed by atoms with van der Waals surface area (Å²) >= 11 is 0. The van der Waals surface area contributed by atoms with Gasteiger partial charge in [-0.25, -0.2) is 4.79 Å². The van der Waals surface area contributed by atoms with Crippen LogP contribution in [0.5, 0.6) is 0 Å². The lowest BCUT2D eigenvalue weighted by atomic mass is 10.1. The fourth-order valence-corrected chi connectivity index (χ4v) is 3.33. The third-order valence-electron chi connectivity index (χ3n) is 3.15. The normalized spacial score (nSPS) is 12.7. The maximum Gasteiger partial charge on any atom is 0.339 e. The summed E-state index contributed by atoms with van der Waals surface area (Å²) in [6, 6.07) is 7.00. The van der Waals surface area contributed by atoms with E-state index in [1.807, 2.05) is 0 Å². The number of aromatic carboxylic acids is 1. The minimum Gasteiger partial charge on any atom is -0.478 e. The Bertz CT molecular complexity index is 630. The fraction of sp³-hybridized carbons (Fsp3) is 0.400. The highest BCUT2D eigenvalue weighted by Crippen LogP contribution is 2.27. The third-order valence-corrected chi connectivity index (χ3v) is 4.48. The van der Waals surface area contributed by atoms with Crippen LogP contribution in [0.15, 0.2) is 28.7 Å². The Kier molecular flexibility index (Phi) is 4.95. The van der Waals surface area contributed by atoms with Crippen molar-refractivity contribution in [2.75, 3.05) is 5.75 Å². The molecule has 0 bridgehead atoms. The number of benzene rings is 1. The van der Waals surface area contributed by atoms with Gasteiger partial charge in [0.1, 0.15) is 16.9 Å². The summed E-state index contributed by atoms with van der Waals surface area (Å²) in [7, 11) is -1.08. The standard InChI is InChI=1S/C15H18O4S/c1-2-3-6-9-20(18)10-13-14(15(16)17)11-7-4-5-8-12(11)19-13/h4-5,7-8H,2-3,6,9-10H2,1H3,(H,16,17). The van der Waals surface area contributed by atoms with Crippen molar-refractivity contribution in [3.8, 4) is 0 Å². The minimum atomic E-state index is -1.08. The number of furan rings is 1. The molecule has 1 aromatic heterocycles. The maximum atomic E-state index is 12.0. The van der Waals surface area contributed by atoms with E-state index in [1.54, 1.807) is 24.3 Å². The van der Waals surface area contributed by atoms with Crippen LogP contribution >= 0.6 is 0 Å². The lowest BCUT2D eigenvalue weighted by Gasteiger charge is -2.00. The molecular formula is C15H18O4S. The zero-order valence-corrected chi connectivity index (χ0v) is 12.2. The molecule has 0 saturated heterocycles. The lowest BCUT2D eigenvalue weighted by Crippen LogP contribution is -2.05. The molecule has 0 amide bonds. The smallest absolute Gasteiger partial charge is 0.339 e. The molecule has 2 rings (SSSR count). The fourth-order valence-electron chi connectivity index (χ4n) is 2.16. The highest BCUT2D eigenvalue weighted by molar-refractivity contribution is 7.84. The Morgan fingerprint density at radius 3 is 2.75 bits per heavy atom. The first kappa shape index (κ1) is 14.8. The van der Waals surface area contributed by atoms with Crippen molar-refractivity contribution in [1.82, 2.24) is 0 Å². The summed E-state index contributed by atoms with van der Waals surface area (Å²) in [5, 5.41) is 9.89. The Morgan fingerprint density at radius 2 is 2.05 bits per heavy atom. The minimum absolute atomic E-state index is 0.143. The van der Waals surface area contributed by atoms with Crippen LogP contribution in [0.25, 0.3) is 11.0 Å². The van der Waals surface area contributed by atoms with Gasteiger partial charge in [-0.1, -0.05) is 38.0 Å². The first-order valence-corrected chi connectivity index (χ1v) is 8.21. The van der Waals surface area contributed by atoms with Gasteiger partial charge in [0.25, 0.3) is 0 Å². The summed E-state index contributed by atoms with van der Waals surface area (Å²) in [5.41, 5.74) is 0.676. The molecule has 1 atom stereocenters. The van der Waals surface area contributed by atoms with Crippen molar-refractivity contribution in [2.45, 2.75) is 31.9 Å². The SMILES string of the molecule is CCCCCS(=O)Cc1oc2ccccc2c1C(=O)O. The number of carbonyl (C=O) groups is 1. The average Bonchev–Trinajstić information content (AvgIpc) is 2.76. The van der Waals surface area contributed by atoms with E-state index < -0.39 is 16.8 Å². The number of para-hydroxylation sites is 1. The van der Waals surface area contributed by atoms with Crippen LogP contribution in [0, 0.1) is 0 Å². The summed E-state index contributed by atoms with van der Waals surface area (Å²) in [6.07, 6.45) is 3.01. The van der Waals surface area contributed by atoms with E-state index in [2.05, 4.69) is 6.92 Å². The van der Waals surface area contributed by atoms with E-state index in [0.717, 1.165) is 19.3 Å². The van der Waals surface area contributed by atoms with E-state index in [9.17, 15) is 14.1 Å². The maximum absolute atomic E-state index is 12.0. The van der Waals surface area contributed by atoms with Gasteiger partial charge in [-0.15, -0.1) is 0 Å². The molecule has 20 heavy (non-hydrogen) atoms. The second kappa shape index (κ2) is 6.70. The molecule has 1 heterocycles. The predicted molar refractivity (Wildman–Crippen MR) is 79.4 cm³/mol. The van der Waals surface area contributed by atoms with Gasteiger partial charge in [-0.2, -0.15) is 0 Å². The Balaban J connectivity index is 2.23. The number of carboxylic acid groups (broad SMARTS) is 1. The Labute approximate surface area is 120 Å². The molecule has 0 fully saturated rings. The quantitative estimate of drug-likeness (QED) is 0.793. The second-order valence-electron chi connectivity index (χ2n) is 4.70. The summed E-state index contributed by atoms with van der Waals surface area (Å²) in [5.74, 6) is 0.0355. The van der Waals surface area contributed by atoms with Crippen LogP contribution in [0.3, 0.4) is 0 Å². The number of rotatable bonds is 7.